The van der Waals surface area contributed by atoms with Gasteiger partial charge in [0.1, 0.15) is 5.82 Å². The molecular formula is C11H13ClFN5. The predicted molar refractivity (Wildman–Crippen MR) is 66.5 cm³/mol. The van der Waals surface area contributed by atoms with Gasteiger partial charge in [-0.25, -0.2) is 9.07 Å². The monoisotopic (exact) mass is 269 g/mol. The third-order valence-electron chi connectivity index (χ3n) is 2.54. The molecule has 0 saturated carbocycles. The van der Waals surface area contributed by atoms with Crippen molar-refractivity contribution < 1.29 is 4.39 Å². The normalized spacial score (nSPS) is 10.8. The number of hydrogen-bond donors (Lipinski definition) is 1. The summed E-state index contributed by atoms with van der Waals surface area (Å²) in [6.45, 7) is 1.20. The minimum Gasteiger partial charge on any atom is -0.330 e. The van der Waals surface area contributed by atoms with Crippen molar-refractivity contribution in [2.75, 3.05) is 6.54 Å². The lowest BCUT2D eigenvalue weighted by Crippen LogP contribution is -2.07. The van der Waals surface area contributed by atoms with Crippen molar-refractivity contribution in [3.8, 4) is 11.4 Å². The molecule has 18 heavy (non-hydrogen) atoms. The van der Waals surface area contributed by atoms with Crippen LogP contribution in [0.4, 0.5) is 4.39 Å². The quantitative estimate of drug-likeness (QED) is 0.842. The first-order valence-corrected chi connectivity index (χ1v) is 6.02. The Morgan fingerprint density at radius 3 is 2.89 bits per heavy atom. The van der Waals surface area contributed by atoms with Gasteiger partial charge < -0.3 is 5.73 Å². The summed E-state index contributed by atoms with van der Waals surface area (Å²) in [5.74, 6) is -0.0903. The third-order valence-corrected chi connectivity index (χ3v) is 2.86. The molecular weight excluding hydrogens is 257 g/mol. The summed E-state index contributed by atoms with van der Waals surface area (Å²) in [7, 11) is 0. The van der Waals surface area contributed by atoms with E-state index in [9.17, 15) is 4.39 Å². The minimum absolute atomic E-state index is 0.233. The van der Waals surface area contributed by atoms with Crippen molar-refractivity contribution in [3.05, 3.63) is 29.0 Å². The van der Waals surface area contributed by atoms with Crippen LogP contribution in [0.5, 0.6) is 0 Å². The lowest BCUT2D eigenvalue weighted by Gasteiger charge is -2.06. The highest BCUT2D eigenvalue weighted by Gasteiger charge is 2.16. The molecule has 0 atom stereocenters. The molecule has 96 valence electrons. The summed E-state index contributed by atoms with van der Waals surface area (Å²) >= 11 is 5.99. The first-order chi connectivity index (χ1) is 8.74. The van der Waals surface area contributed by atoms with Crippen LogP contribution in [-0.4, -0.2) is 26.8 Å². The van der Waals surface area contributed by atoms with Crippen LogP contribution in [0.3, 0.4) is 0 Å². The molecule has 2 rings (SSSR count). The van der Waals surface area contributed by atoms with E-state index in [-0.39, 0.29) is 5.56 Å². The summed E-state index contributed by atoms with van der Waals surface area (Å²) in [6, 6.07) is 4.49. The van der Waals surface area contributed by atoms with E-state index >= 15 is 0 Å². The highest BCUT2D eigenvalue weighted by Crippen LogP contribution is 2.28. The first-order valence-electron chi connectivity index (χ1n) is 5.64. The molecule has 0 aliphatic rings. The number of unbranched alkanes of at least 4 members (excludes halogenated alkanes) is 1. The first kappa shape index (κ1) is 12.9. The number of halogens is 2. The fourth-order valence-electron chi connectivity index (χ4n) is 1.65. The van der Waals surface area contributed by atoms with Gasteiger partial charge in [0.25, 0.3) is 0 Å². The Labute approximate surface area is 109 Å². The molecule has 5 nitrogen and oxygen atoms in total. The average molecular weight is 270 g/mol. The zero-order valence-corrected chi connectivity index (χ0v) is 10.4. The SMILES string of the molecule is NCCCCn1nnnc1-c1c(F)cccc1Cl. The summed E-state index contributed by atoms with van der Waals surface area (Å²) in [6.07, 6.45) is 1.70. The summed E-state index contributed by atoms with van der Waals surface area (Å²) in [5, 5.41) is 11.5. The maximum Gasteiger partial charge on any atom is 0.186 e. The maximum atomic E-state index is 13.8. The molecule has 0 radical (unpaired) electrons. The lowest BCUT2D eigenvalue weighted by molar-refractivity contribution is 0.546. The Balaban J connectivity index is 2.31. The molecule has 0 unspecified atom stereocenters. The zero-order valence-electron chi connectivity index (χ0n) is 9.68. The van der Waals surface area contributed by atoms with E-state index < -0.39 is 5.82 Å². The lowest BCUT2D eigenvalue weighted by atomic mass is 10.2. The Kier molecular flexibility index (Phi) is 4.22. The second-order valence-corrected chi connectivity index (χ2v) is 4.23. The molecule has 0 fully saturated rings. The number of tetrazole rings is 1. The standard InChI is InChI=1S/C11H13ClFN5/c12-8-4-3-5-9(13)10(8)11-15-16-17-18(11)7-2-1-6-14/h3-5H,1-2,6-7,14H2. The molecule has 7 heteroatoms. The van der Waals surface area contributed by atoms with Gasteiger partial charge >= 0.3 is 0 Å². The Bertz CT molecular complexity index is 508. The molecule has 2 N–H and O–H groups in total. The molecule has 1 heterocycles. The zero-order chi connectivity index (χ0) is 13.0. The average Bonchev–Trinajstić information content (AvgIpc) is 2.78. The maximum absolute atomic E-state index is 13.8. The van der Waals surface area contributed by atoms with Crippen LogP contribution >= 0.6 is 11.6 Å². The fourth-order valence-corrected chi connectivity index (χ4v) is 1.90. The van der Waals surface area contributed by atoms with Crippen molar-refractivity contribution >= 4 is 11.6 Å². The van der Waals surface area contributed by atoms with Crippen molar-refractivity contribution in [3.63, 3.8) is 0 Å². The van der Waals surface area contributed by atoms with Crippen molar-refractivity contribution in [2.24, 2.45) is 5.73 Å². The number of nitrogens with two attached hydrogens (primary N) is 1. The van der Waals surface area contributed by atoms with E-state index in [1.165, 1.54) is 6.07 Å². The van der Waals surface area contributed by atoms with Crippen LogP contribution < -0.4 is 5.73 Å². The number of aromatic nitrogens is 4. The van der Waals surface area contributed by atoms with Crippen LogP contribution in [0, 0.1) is 5.82 Å². The van der Waals surface area contributed by atoms with Gasteiger partial charge in [-0.05, 0) is 41.9 Å². The van der Waals surface area contributed by atoms with E-state index in [0.29, 0.717) is 23.9 Å². The topological polar surface area (TPSA) is 69.6 Å². The Morgan fingerprint density at radius 2 is 2.17 bits per heavy atom. The smallest absolute Gasteiger partial charge is 0.186 e. The Hall–Kier alpha value is -1.53. The second kappa shape index (κ2) is 5.88. The number of nitrogens with zero attached hydrogens (tertiary/aromatic N) is 4. The molecule has 0 spiro atoms. The van der Waals surface area contributed by atoms with Crippen LogP contribution in [0.2, 0.25) is 5.02 Å². The van der Waals surface area contributed by atoms with Gasteiger partial charge in [0.05, 0.1) is 10.6 Å². The van der Waals surface area contributed by atoms with E-state index in [1.807, 2.05) is 0 Å². The summed E-state index contributed by atoms with van der Waals surface area (Å²) < 4.78 is 15.3. The van der Waals surface area contributed by atoms with Crippen LogP contribution in [0.15, 0.2) is 18.2 Å². The molecule has 2 aromatic rings. The minimum atomic E-state index is -0.433. The summed E-state index contributed by atoms with van der Waals surface area (Å²) in [4.78, 5) is 0. The largest absolute Gasteiger partial charge is 0.330 e. The predicted octanol–water partition coefficient (Wildman–Crippen LogP) is 1.87. The second-order valence-electron chi connectivity index (χ2n) is 3.82. The number of hydrogen-bond acceptors (Lipinski definition) is 4. The molecule has 0 amide bonds. The van der Waals surface area contributed by atoms with Gasteiger partial charge in [-0.2, -0.15) is 0 Å². The van der Waals surface area contributed by atoms with E-state index in [2.05, 4.69) is 15.5 Å². The van der Waals surface area contributed by atoms with Gasteiger partial charge in [-0.3, -0.25) is 0 Å². The highest BCUT2D eigenvalue weighted by molar-refractivity contribution is 6.33. The number of benzene rings is 1. The molecule has 0 bridgehead atoms. The van der Waals surface area contributed by atoms with Crippen LogP contribution in [0.1, 0.15) is 12.8 Å². The molecule has 0 aliphatic carbocycles. The van der Waals surface area contributed by atoms with Crippen molar-refractivity contribution in [1.82, 2.24) is 20.2 Å². The third kappa shape index (κ3) is 2.65. The van der Waals surface area contributed by atoms with Crippen LogP contribution in [0.25, 0.3) is 11.4 Å². The van der Waals surface area contributed by atoms with Crippen LogP contribution in [-0.2, 0) is 6.54 Å². The summed E-state index contributed by atoms with van der Waals surface area (Å²) in [5.41, 5.74) is 5.66. The molecule has 1 aromatic heterocycles. The van der Waals surface area contributed by atoms with Crippen molar-refractivity contribution in [2.45, 2.75) is 19.4 Å². The van der Waals surface area contributed by atoms with Gasteiger partial charge in [0.15, 0.2) is 5.82 Å². The number of rotatable bonds is 5. The molecule has 1 aromatic carbocycles. The number of aryl methyl sites for hydroxylation is 1. The van der Waals surface area contributed by atoms with E-state index in [1.54, 1.807) is 16.8 Å². The van der Waals surface area contributed by atoms with Gasteiger partial charge in [0.2, 0.25) is 0 Å². The Morgan fingerprint density at radius 1 is 1.33 bits per heavy atom. The van der Waals surface area contributed by atoms with Gasteiger partial charge in [0, 0.05) is 6.54 Å². The fraction of sp³-hybridized carbons (Fsp3) is 0.364. The van der Waals surface area contributed by atoms with E-state index in [4.69, 9.17) is 17.3 Å². The molecule has 0 aliphatic heterocycles. The van der Waals surface area contributed by atoms with Gasteiger partial charge in [-0.15, -0.1) is 5.10 Å². The highest BCUT2D eigenvalue weighted by atomic mass is 35.5. The molecule has 0 saturated heterocycles. The van der Waals surface area contributed by atoms with E-state index in [0.717, 1.165) is 12.8 Å². The van der Waals surface area contributed by atoms with Crippen molar-refractivity contribution in [1.29, 1.82) is 0 Å². The van der Waals surface area contributed by atoms with Gasteiger partial charge in [-0.1, -0.05) is 17.7 Å².